The van der Waals surface area contributed by atoms with Crippen LogP contribution in [0.15, 0.2) is 12.2 Å². The molecule has 4 N–H and O–H groups in total. The molecule has 0 aromatic carbocycles. The Labute approximate surface area is 303 Å². The molecule has 0 heterocycles. The van der Waals surface area contributed by atoms with Gasteiger partial charge in [-0.3, -0.25) is 23.4 Å². The standard InChI is InChI=1S/C38H72NO10P/c1-3-5-7-9-11-13-15-17-19-21-23-25-27-29-36(40)46-31-34(32-47-50(44,45)48-33-35(39)38(42)43)49-37(41)30-28-26-24-22-20-18-16-14-12-10-8-6-4-2/h14,16,34-35H,3-13,15,17-33,39H2,1-2H3,(H,42,43)(H,44,45)/b16-14+/t34-,35+/m1/s1. The molecule has 0 aliphatic heterocycles. The van der Waals surface area contributed by atoms with Crippen LogP contribution in [0.25, 0.3) is 0 Å². The third kappa shape index (κ3) is 33.4. The molecule has 1 unspecified atom stereocenters. The van der Waals surface area contributed by atoms with Gasteiger partial charge in [0.15, 0.2) is 6.10 Å². The SMILES string of the molecule is CCCCCC/C=C/CCCCCCCC(=O)O[C@H](COC(=O)CCCCCCCCCCCCCCC)COP(=O)(O)OC[C@H](N)C(=O)O. The van der Waals surface area contributed by atoms with Gasteiger partial charge in [-0.1, -0.05) is 142 Å². The zero-order chi connectivity index (χ0) is 37.1. The number of phosphoric acid groups is 1. The van der Waals surface area contributed by atoms with Crippen molar-refractivity contribution in [2.75, 3.05) is 19.8 Å². The van der Waals surface area contributed by atoms with Crippen LogP contribution >= 0.6 is 7.82 Å². The molecule has 0 radical (unpaired) electrons. The number of hydrogen-bond acceptors (Lipinski definition) is 9. The van der Waals surface area contributed by atoms with Gasteiger partial charge in [0.05, 0.1) is 13.2 Å². The number of unbranched alkanes of at least 4 members (excludes halogenated alkanes) is 21. The highest BCUT2D eigenvalue weighted by Crippen LogP contribution is 2.43. The topological polar surface area (TPSA) is 172 Å². The molecule has 294 valence electrons. The van der Waals surface area contributed by atoms with E-state index in [0.717, 1.165) is 57.8 Å². The minimum absolute atomic E-state index is 0.155. The summed E-state index contributed by atoms with van der Waals surface area (Å²) in [6.45, 7) is 2.77. The normalized spacial score (nSPS) is 14.0. The van der Waals surface area contributed by atoms with Crippen LogP contribution in [0.5, 0.6) is 0 Å². The highest BCUT2D eigenvalue weighted by molar-refractivity contribution is 7.47. The van der Waals surface area contributed by atoms with Gasteiger partial charge in [-0.25, -0.2) is 4.57 Å². The van der Waals surface area contributed by atoms with E-state index in [4.69, 9.17) is 24.8 Å². The van der Waals surface area contributed by atoms with E-state index in [1.165, 1.54) is 83.5 Å². The van der Waals surface area contributed by atoms with Crippen LogP contribution in [0.3, 0.4) is 0 Å². The summed E-state index contributed by atoms with van der Waals surface area (Å²) in [5.41, 5.74) is 5.32. The molecule has 0 bridgehead atoms. The fourth-order valence-electron chi connectivity index (χ4n) is 5.35. The predicted molar refractivity (Wildman–Crippen MR) is 199 cm³/mol. The summed E-state index contributed by atoms with van der Waals surface area (Å²) in [5.74, 6) is -2.38. The molecule has 0 saturated heterocycles. The largest absolute Gasteiger partial charge is 0.480 e. The number of aliphatic carboxylic acids is 1. The molecule has 0 fully saturated rings. The summed E-state index contributed by atoms with van der Waals surface area (Å²) >= 11 is 0. The van der Waals surface area contributed by atoms with Crippen molar-refractivity contribution in [3.8, 4) is 0 Å². The lowest BCUT2D eigenvalue weighted by molar-refractivity contribution is -0.161. The molecule has 0 saturated carbocycles. The Kier molecular flexibility index (Phi) is 33.1. The molecule has 0 rings (SSSR count). The number of carbonyl (C=O) groups is 3. The number of carboxylic acid groups (broad SMARTS) is 1. The highest BCUT2D eigenvalue weighted by Gasteiger charge is 2.28. The van der Waals surface area contributed by atoms with Gasteiger partial charge in [0.1, 0.15) is 12.6 Å². The molecule has 0 aliphatic rings. The molecule has 0 spiro atoms. The zero-order valence-corrected chi connectivity index (χ0v) is 32.4. The molecule has 0 aromatic heterocycles. The summed E-state index contributed by atoms with van der Waals surface area (Å²) in [7, 11) is -4.71. The van der Waals surface area contributed by atoms with E-state index in [9.17, 15) is 23.8 Å². The maximum Gasteiger partial charge on any atom is 0.472 e. The molecule has 11 nitrogen and oxygen atoms in total. The number of rotatable bonds is 37. The number of carboxylic acids is 1. The van der Waals surface area contributed by atoms with Gasteiger partial charge in [-0.2, -0.15) is 0 Å². The maximum absolute atomic E-state index is 12.6. The minimum Gasteiger partial charge on any atom is -0.480 e. The molecule has 0 aliphatic carbocycles. The van der Waals surface area contributed by atoms with Crippen molar-refractivity contribution >= 4 is 25.7 Å². The second-order valence-corrected chi connectivity index (χ2v) is 14.9. The van der Waals surface area contributed by atoms with Gasteiger partial charge in [0, 0.05) is 12.8 Å². The lowest BCUT2D eigenvalue weighted by Crippen LogP contribution is -2.34. The Bertz CT molecular complexity index is 916. The van der Waals surface area contributed by atoms with Crippen molar-refractivity contribution in [1.82, 2.24) is 0 Å². The first-order chi connectivity index (χ1) is 24.1. The fraction of sp³-hybridized carbons (Fsp3) is 0.868. The number of esters is 2. The number of hydrogen-bond donors (Lipinski definition) is 3. The van der Waals surface area contributed by atoms with E-state index in [-0.39, 0.29) is 19.4 Å². The number of carbonyl (C=O) groups excluding carboxylic acids is 2. The smallest absolute Gasteiger partial charge is 0.472 e. The maximum atomic E-state index is 12.6. The van der Waals surface area contributed by atoms with Gasteiger partial charge in [0.25, 0.3) is 0 Å². The van der Waals surface area contributed by atoms with Crippen molar-refractivity contribution in [2.24, 2.45) is 5.73 Å². The van der Waals surface area contributed by atoms with Gasteiger partial charge in [-0.05, 0) is 38.5 Å². The van der Waals surface area contributed by atoms with Crippen molar-refractivity contribution in [3.63, 3.8) is 0 Å². The summed E-state index contributed by atoms with van der Waals surface area (Å²) in [6, 6.07) is -1.52. The van der Waals surface area contributed by atoms with Crippen molar-refractivity contribution in [2.45, 2.75) is 193 Å². The molecule has 50 heavy (non-hydrogen) atoms. The Balaban J connectivity index is 4.42. The fourth-order valence-corrected chi connectivity index (χ4v) is 6.13. The van der Waals surface area contributed by atoms with E-state index in [1.807, 2.05) is 0 Å². The molecule has 0 amide bonds. The van der Waals surface area contributed by atoms with Crippen LogP contribution in [-0.4, -0.2) is 59.9 Å². The van der Waals surface area contributed by atoms with Crippen LogP contribution in [0.1, 0.15) is 181 Å². The lowest BCUT2D eigenvalue weighted by Gasteiger charge is -2.20. The van der Waals surface area contributed by atoms with E-state index in [1.54, 1.807) is 0 Å². The highest BCUT2D eigenvalue weighted by atomic mass is 31.2. The van der Waals surface area contributed by atoms with Crippen molar-refractivity contribution < 1.29 is 47.5 Å². The number of phosphoric ester groups is 1. The average molecular weight is 734 g/mol. The third-order valence-corrected chi connectivity index (χ3v) is 9.46. The Morgan fingerprint density at radius 2 is 1.00 bits per heavy atom. The van der Waals surface area contributed by atoms with Gasteiger partial charge >= 0.3 is 25.7 Å². The molecule has 12 heteroatoms. The lowest BCUT2D eigenvalue weighted by atomic mass is 10.0. The summed E-state index contributed by atoms with van der Waals surface area (Å²) < 4.78 is 32.6. The number of allylic oxidation sites excluding steroid dienone is 2. The summed E-state index contributed by atoms with van der Waals surface area (Å²) in [6.07, 6.45) is 31.3. The van der Waals surface area contributed by atoms with E-state index in [2.05, 4.69) is 30.5 Å². The second kappa shape index (κ2) is 34.3. The Morgan fingerprint density at radius 3 is 1.48 bits per heavy atom. The van der Waals surface area contributed by atoms with E-state index in [0.29, 0.717) is 12.8 Å². The van der Waals surface area contributed by atoms with Gasteiger partial charge in [-0.15, -0.1) is 0 Å². The molecule has 0 aromatic rings. The molecular weight excluding hydrogens is 661 g/mol. The molecular formula is C38H72NO10P. The zero-order valence-electron chi connectivity index (χ0n) is 31.5. The van der Waals surface area contributed by atoms with Crippen LogP contribution in [-0.2, 0) is 37.5 Å². The van der Waals surface area contributed by atoms with Crippen LogP contribution in [0.4, 0.5) is 0 Å². The quantitative estimate of drug-likeness (QED) is 0.0240. The monoisotopic (exact) mass is 733 g/mol. The average Bonchev–Trinajstić information content (AvgIpc) is 3.09. The van der Waals surface area contributed by atoms with Crippen LogP contribution < -0.4 is 5.73 Å². The first kappa shape index (κ1) is 48.2. The van der Waals surface area contributed by atoms with Crippen molar-refractivity contribution in [3.05, 3.63) is 12.2 Å². The van der Waals surface area contributed by atoms with E-state index >= 15 is 0 Å². The number of nitrogens with two attached hydrogens (primary N) is 1. The third-order valence-electron chi connectivity index (χ3n) is 8.51. The van der Waals surface area contributed by atoms with Gasteiger partial charge in [0.2, 0.25) is 0 Å². The summed E-state index contributed by atoms with van der Waals surface area (Å²) in [4.78, 5) is 45.7. The molecule has 3 atom stereocenters. The minimum atomic E-state index is -4.71. The van der Waals surface area contributed by atoms with Crippen LogP contribution in [0.2, 0.25) is 0 Å². The Morgan fingerprint density at radius 1 is 0.600 bits per heavy atom. The number of ether oxygens (including phenoxy) is 2. The second-order valence-electron chi connectivity index (χ2n) is 13.4. The van der Waals surface area contributed by atoms with Crippen molar-refractivity contribution in [1.29, 1.82) is 0 Å². The summed E-state index contributed by atoms with van der Waals surface area (Å²) in [5, 5.41) is 8.86. The van der Waals surface area contributed by atoms with E-state index < -0.39 is 51.1 Å². The first-order valence-corrected chi connectivity index (χ1v) is 21.2. The van der Waals surface area contributed by atoms with Crippen LogP contribution in [0, 0.1) is 0 Å². The Hall–Kier alpha value is -1.78. The first-order valence-electron chi connectivity index (χ1n) is 19.7. The predicted octanol–water partition coefficient (Wildman–Crippen LogP) is 9.73. The van der Waals surface area contributed by atoms with Gasteiger partial charge < -0.3 is 25.2 Å².